The Morgan fingerprint density at radius 2 is 1.66 bits per heavy atom. The minimum atomic E-state index is -4.11. The van der Waals surface area contributed by atoms with Crippen LogP contribution in [0.1, 0.15) is 25.0 Å². The van der Waals surface area contributed by atoms with Crippen LogP contribution in [0.15, 0.2) is 78.9 Å². The predicted octanol–water partition coefficient (Wildman–Crippen LogP) is 3.91. The number of sulfonamides is 1. The topological polar surface area (TPSA) is 130 Å². The fourth-order valence-electron chi connectivity index (χ4n) is 4.16. The monoisotopic (exact) mass is 584 g/mol. The number of nitrogens with one attached hydrogen (secondary N) is 1. The summed E-state index contributed by atoms with van der Waals surface area (Å²) in [5.41, 5.74) is 0.422. The van der Waals surface area contributed by atoms with E-state index in [9.17, 15) is 32.5 Å². The van der Waals surface area contributed by atoms with E-state index in [2.05, 4.69) is 5.32 Å². The van der Waals surface area contributed by atoms with Crippen LogP contribution in [0.5, 0.6) is 0 Å². The van der Waals surface area contributed by atoms with Crippen LogP contribution >= 0.6 is 0 Å². The van der Waals surface area contributed by atoms with E-state index in [1.165, 1.54) is 36.4 Å². The third kappa shape index (κ3) is 8.84. The molecule has 0 bridgehead atoms. The first-order valence-electron chi connectivity index (χ1n) is 12.9. The van der Waals surface area contributed by atoms with Gasteiger partial charge in [-0.3, -0.25) is 24.0 Å². The molecule has 218 valence electrons. The second kappa shape index (κ2) is 13.8. The normalized spacial score (nSPS) is 12.0. The van der Waals surface area contributed by atoms with Crippen molar-refractivity contribution in [2.45, 2.75) is 32.9 Å². The van der Waals surface area contributed by atoms with Crippen molar-refractivity contribution in [2.24, 2.45) is 5.92 Å². The zero-order chi connectivity index (χ0) is 30.2. The molecule has 0 aromatic heterocycles. The number of carbonyl (C=O) groups is 2. The van der Waals surface area contributed by atoms with Gasteiger partial charge in [0.2, 0.25) is 21.8 Å². The Hall–Kier alpha value is -4.32. The first-order valence-corrected chi connectivity index (χ1v) is 14.8. The molecule has 1 N–H and O–H groups in total. The third-order valence-electron chi connectivity index (χ3n) is 6.26. The van der Waals surface area contributed by atoms with Crippen LogP contribution < -0.4 is 9.62 Å². The second-order valence-corrected chi connectivity index (χ2v) is 11.9. The quantitative estimate of drug-likeness (QED) is 0.240. The number of nitro groups is 1. The minimum absolute atomic E-state index is 0.0840. The lowest BCUT2D eigenvalue weighted by Crippen LogP contribution is -2.53. The number of carbonyl (C=O) groups excluding carboxylic acids is 2. The van der Waals surface area contributed by atoms with Gasteiger partial charge in [-0.15, -0.1) is 0 Å². The van der Waals surface area contributed by atoms with E-state index in [0.717, 1.165) is 27.1 Å². The van der Waals surface area contributed by atoms with E-state index in [1.807, 2.05) is 19.9 Å². The average molecular weight is 585 g/mol. The molecule has 41 heavy (non-hydrogen) atoms. The van der Waals surface area contributed by atoms with Crippen LogP contribution in [0, 0.1) is 21.8 Å². The Morgan fingerprint density at radius 3 is 2.27 bits per heavy atom. The van der Waals surface area contributed by atoms with Crippen LogP contribution in [-0.4, -0.2) is 55.4 Å². The Bertz CT molecular complexity index is 1480. The van der Waals surface area contributed by atoms with Crippen molar-refractivity contribution in [3.05, 3.63) is 106 Å². The van der Waals surface area contributed by atoms with E-state index in [4.69, 9.17) is 0 Å². The van der Waals surface area contributed by atoms with Crippen molar-refractivity contribution >= 4 is 33.2 Å². The maximum absolute atomic E-state index is 14.8. The van der Waals surface area contributed by atoms with Crippen molar-refractivity contribution in [3.63, 3.8) is 0 Å². The van der Waals surface area contributed by atoms with Crippen molar-refractivity contribution in [1.29, 1.82) is 0 Å². The molecule has 2 amide bonds. The Kier molecular flexibility index (Phi) is 10.5. The Morgan fingerprint density at radius 1 is 1.00 bits per heavy atom. The molecule has 12 heteroatoms. The maximum Gasteiger partial charge on any atom is 0.271 e. The summed E-state index contributed by atoms with van der Waals surface area (Å²) in [4.78, 5) is 39.3. The van der Waals surface area contributed by atoms with Gasteiger partial charge in [-0.25, -0.2) is 12.8 Å². The molecule has 0 aliphatic rings. The van der Waals surface area contributed by atoms with E-state index in [1.54, 1.807) is 30.3 Å². The van der Waals surface area contributed by atoms with Gasteiger partial charge in [0.15, 0.2) is 0 Å². The highest BCUT2D eigenvalue weighted by Gasteiger charge is 2.33. The van der Waals surface area contributed by atoms with Crippen molar-refractivity contribution in [2.75, 3.05) is 23.7 Å². The molecular weight excluding hydrogens is 551 g/mol. The van der Waals surface area contributed by atoms with Gasteiger partial charge < -0.3 is 10.2 Å². The summed E-state index contributed by atoms with van der Waals surface area (Å²) in [5, 5.41) is 14.2. The van der Waals surface area contributed by atoms with E-state index >= 15 is 0 Å². The largest absolute Gasteiger partial charge is 0.354 e. The molecule has 10 nitrogen and oxygen atoms in total. The van der Waals surface area contributed by atoms with E-state index in [0.29, 0.717) is 6.54 Å². The number of non-ortho nitro benzene ring substituents is 1. The van der Waals surface area contributed by atoms with Crippen LogP contribution in [0.4, 0.5) is 15.8 Å². The number of nitro benzene ring substituents is 1. The highest BCUT2D eigenvalue weighted by Crippen LogP contribution is 2.24. The summed E-state index contributed by atoms with van der Waals surface area (Å²) in [5.74, 6) is -1.74. The molecule has 3 aromatic carbocycles. The summed E-state index contributed by atoms with van der Waals surface area (Å²) in [6.07, 6.45) is 0.956. The number of hydrogen-bond acceptors (Lipinski definition) is 6. The summed E-state index contributed by atoms with van der Waals surface area (Å²) in [7, 11) is -4.11. The summed E-state index contributed by atoms with van der Waals surface area (Å²) < 4.78 is 41.1. The van der Waals surface area contributed by atoms with Crippen LogP contribution in [0.2, 0.25) is 0 Å². The summed E-state index contributed by atoms with van der Waals surface area (Å²) in [6.45, 7) is 3.08. The van der Waals surface area contributed by atoms with Gasteiger partial charge in [-0.05, 0) is 23.6 Å². The molecule has 0 saturated carbocycles. The summed E-state index contributed by atoms with van der Waals surface area (Å²) >= 11 is 0. The standard InChI is InChI=1S/C29H33FN4O6S/c1-21(2)18-31-29(36)27(16-22-10-5-4-6-11-22)32(19-23-12-7-8-15-26(23)30)28(35)20-33(41(3,39)40)24-13-9-14-25(17-24)34(37)38/h4-15,17,21,27H,16,18-20H2,1-3H3,(H,31,36). The molecule has 0 radical (unpaired) electrons. The Balaban J connectivity index is 2.08. The number of amides is 2. The molecule has 3 rings (SSSR count). The molecule has 0 aliphatic heterocycles. The van der Waals surface area contributed by atoms with E-state index < -0.39 is 45.2 Å². The van der Waals surface area contributed by atoms with Gasteiger partial charge in [0.05, 0.1) is 16.9 Å². The number of anilines is 1. The molecule has 0 saturated heterocycles. The van der Waals surface area contributed by atoms with Crippen LogP contribution in [0.25, 0.3) is 0 Å². The third-order valence-corrected chi connectivity index (χ3v) is 7.40. The van der Waals surface area contributed by atoms with Gasteiger partial charge >= 0.3 is 0 Å². The molecule has 0 heterocycles. The first-order chi connectivity index (χ1) is 19.4. The maximum atomic E-state index is 14.8. The van der Waals surface area contributed by atoms with Crippen molar-refractivity contribution in [1.82, 2.24) is 10.2 Å². The highest BCUT2D eigenvalue weighted by molar-refractivity contribution is 7.92. The molecule has 0 spiro atoms. The minimum Gasteiger partial charge on any atom is -0.354 e. The SMILES string of the molecule is CC(C)CNC(=O)C(Cc1ccccc1)N(Cc1ccccc1F)C(=O)CN(c1cccc([N+](=O)[O-])c1)S(C)(=O)=O. The number of rotatable bonds is 13. The number of benzene rings is 3. The zero-order valence-corrected chi connectivity index (χ0v) is 23.9. The predicted molar refractivity (Wildman–Crippen MR) is 154 cm³/mol. The Labute approximate surface area is 239 Å². The molecule has 1 atom stereocenters. The van der Waals surface area contributed by atoms with Gasteiger partial charge in [-0.2, -0.15) is 0 Å². The molecular formula is C29H33FN4O6S. The van der Waals surface area contributed by atoms with Gasteiger partial charge in [0.1, 0.15) is 18.4 Å². The van der Waals surface area contributed by atoms with Crippen molar-refractivity contribution in [3.8, 4) is 0 Å². The van der Waals surface area contributed by atoms with Gasteiger partial charge in [0.25, 0.3) is 5.69 Å². The summed E-state index contributed by atoms with van der Waals surface area (Å²) in [6, 6.07) is 18.5. The number of halogens is 1. The molecule has 3 aromatic rings. The molecule has 1 unspecified atom stereocenters. The molecule has 0 fully saturated rings. The lowest BCUT2D eigenvalue weighted by molar-refractivity contribution is -0.384. The molecule has 0 aliphatic carbocycles. The highest BCUT2D eigenvalue weighted by atomic mass is 32.2. The second-order valence-electron chi connectivity index (χ2n) is 10.0. The van der Waals surface area contributed by atoms with Crippen LogP contribution in [-0.2, 0) is 32.6 Å². The first kappa shape index (κ1) is 31.2. The zero-order valence-electron chi connectivity index (χ0n) is 23.1. The van der Waals surface area contributed by atoms with Crippen LogP contribution in [0.3, 0.4) is 0 Å². The number of hydrogen-bond donors (Lipinski definition) is 1. The number of nitrogens with zero attached hydrogens (tertiary/aromatic N) is 3. The smallest absolute Gasteiger partial charge is 0.271 e. The lowest BCUT2D eigenvalue weighted by Gasteiger charge is -2.33. The lowest BCUT2D eigenvalue weighted by atomic mass is 10.0. The van der Waals surface area contributed by atoms with Gasteiger partial charge in [0, 0.05) is 37.2 Å². The van der Waals surface area contributed by atoms with Crippen molar-refractivity contribution < 1.29 is 27.3 Å². The fraction of sp³-hybridized carbons (Fsp3) is 0.310. The van der Waals surface area contributed by atoms with E-state index in [-0.39, 0.29) is 35.8 Å². The van der Waals surface area contributed by atoms with Gasteiger partial charge in [-0.1, -0.05) is 68.4 Å². The fourth-order valence-corrected chi connectivity index (χ4v) is 5.00. The average Bonchev–Trinajstić information content (AvgIpc) is 2.93.